The van der Waals surface area contributed by atoms with E-state index in [0.717, 1.165) is 12.8 Å². The maximum Gasteiger partial charge on any atom is 0.247 e. The summed E-state index contributed by atoms with van der Waals surface area (Å²) in [6.45, 7) is 6.53. The monoisotopic (exact) mass is 304 g/mol. The summed E-state index contributed by atoms with van der Waals surface area (Å²) < 4.78 is 6.84. The molecule has 8 heteroatoms. The topological polar surface area (TPSA) is 89.9 Å². The molecule has 0 bridgehead atoms. The van der Waals surface area contributed by atoms with E-state index in [4.69, 9.17) is 4.52 Å². The Hall–Kier alpha value is -2.25. The quantitative estimate of drug-likeness (QED) is 0.854. The van der Waals surface area contributed by atoms with Gasteiger partial charge in [-0.05, 0) is 19.8 Å². The molecule has 0 radical (unpaired) electrons. The van der Waals surface area contributed by atoms with Gasteiger partial charge in [0.1, 0.15) is 18.7 Å². The van der Waals surface area contributed by atoms with Crippen molar-refractivity contribution in [2.45, 2.75) is 51.6 Å². The summed E-state index contributed by atoms with van der Waals surface area (Å²) in [5.41, 5.74) is 0. The summed E-state index contributed by atoms with van der Waals surface area (Å²) >= 11 is 0. The number of amides is 1. The number of rotatable bonds is 4. The van der Waals surface area contributed by atoms with Crippen molar-refractivity contribution in [2.24, 2.45) is 0 Å². The van der Waals surface area contributed by atoms with Crippen LogP contribution in [0.5, 0.6) is 0 Å². The fraction of sp³-hybridized carbons (Fsp3) is 0.643. The van der Waals surface area contributed by atoms with Gasteiger partial charge in [-0.25, -0.2) is 9.67 Å². The van der Waals surface area contributed by atoms with Crippen LogP contribution < -0.4 is 0 Å². The standard InChI is InChI=1S/C14H20N6O2/c1-9(2)13-17-12(18-22-13)11-5-4-6-19(11)14(21)10(3)20-8-15-7-16-20/h7-11H,4-6H2,1-3H3/t10-,11-/m1/s1. The van der Waals surface area contributed by atoms with Crippen LogP contribution in [0.4, 0.5) is 0 Å². The van der Waals surface area contributed by atoms with Crippen LogP contribution >= 0.6 is 0 Å². The van der Waals surface area contributed by atoms with Crippen molar-refractivity contribution in [2.75, 3.05) is 6.54 Å². The van der Waals surface area contributed by atoms with Crippen LogP contribution in [0.1, 0.15) is 63.3 Å². The van der Waals surface area contributed by atoms with Gasteiger partial charge in [0, 0.05) is 12.5 Å². The number of carbonyl (C=O) groups excluding carboxylic acids is 1. The molecule has 0 spiro atoms. The number of carbonyl (C=O) groups is 1. The van der Waals surface area contributed by atoms with Gasteiger partial charge in [0.25, 0.3) is 0 Å². The summed E-state index contributed by atoms with van der Waals surface area (Å²) in [6, 6.07) is -0.505. The molecule has 0 N–H and O–H groups in total. The molecule has 118 valence electrons. The summed E-state index contributed by atoms with van der Waals surface area (Å²) in [4.78, 5) is 22.9. The van der Waals surface area contributed by atoms with Crippen LogP contribution in [0.25, 0.3) is 0 Å². The molecule has 2 aromatic heterocycles. The number of hydrogen-bond acceptors (Lipinski definition) is 6. The highest BCUT2D eigenvalue weighted by atomic mass is 16.5. The van der Waals surface area contributed by atoms with E-state index in [1.807, 2.05) is 25.7 Å². The maximum atomic E-state index is 12.7. The van der Waals surface area contributed by atoms with Gasteiger partial charge in [-0.2, -0.15) is 10.1 Å². The second-order valence-corrected chi connectivity index (χ2v) is 5.89. The number of hydrogen-bond donors (Lipinski definition) is 0. The van der Waals surface area contributed by atoms with E-state index in [1.165, 1.54) is 6.33 Å². The summed E-state index contributed by atoms with van der Waals surface area (Å²) in [5.74, 6) is 1.39. The Labute approximate surface area is 128 Å². The minimum atomic E-state index is -0.389. The van der Waals surface area contributed by atoms with Gasteiger partial charge in [-0.3, -0.25) is 4.79 Å². The van der Waals surface area contributed by atoms with Crippen LogP contribution in [0.2, 0.25) is 0 Å². The Morgan fingerprint density at radius 1 is 1.41 bits per heavy atom. The van der Waals surface area contributed by atoms with Crippen molar-refractivity contribution in [3.63, 3.8) is 0 Å². The molecule has 2 aromatic rings. The van der Waals surface area contributed by atoms with Crippen molar-refractivity contribution >= 4 is 5.91 Å². The minimum Gasteiger partial charge on any atom is -0.339 e. The number of nitrogens with zero attached hydrogens (tertiary/aromatic N) is 6. The first-order valence-corrected chi connectivity index (χ1v) is 7.56. The molecular formula is C14H20N6O2. The Bertz CT molecular complexity index is 636. The Morgan fingerprint density at radius 3 is 2.86 bits per heavy atom. The first-order chi connectivity index (χ1) is 10.6. The normalized spacial score (nSPS) is 19.8. The van der Waals surface area contributed by atoms with E-state index in [0.29, 0.717) is 18.3 Å². The lowest BCUT2D eigenvalue weighted by atomic mass is 10.2. The lowest BCUT2D eigenvalue weighted by Gasteiger charge is -2.25. The Balaban J connectivity index is 1.79. The van der Waals surface area contributed by atoms with Gasteiger partial charge in [0.2, 0.25) is 11.8 Å². The van der Waals surface area contributed by atoms with Crippen LogP contribution in [-0.4, -0.2) is 42.3 Å². The van der Waals surface area contributed by atoms with E-state index in [-0.39, 0.29) is 23.9 Å². The van der Waals surface area contributed by atoms with Gasteiger partial charge < -0.3 is 9.42 Å². The molecule has 0 aliphatic carbocycles. The van der Waals surface area contributed by atoms with Crippen molar-refractivity contribution in [3.8, 4) is 0 Å². The molecule has 3 heterocycles. The third-order valence-electron chi connectivity index (χ3n) is 3.98. The number of likely N-dealkylation sites (tertiary alicyclic amines) is 1. The zero-order valence-electron chi connectivity index (χ0n) is 13.0. The molecule has 8 nitrogen and oxygen atoms in total. The van der Waals surface area contributed by atoms with Crippen LogP contribution in [-0.2, 0) is 4.79 Å². The summed E-state index contributed by atoms with van der Waals surface area (Å²) in [6.07, 6.45) is 4.77. The highest BCUT2D eigenvalue weighted by molar-refractivity contribution is 5.80. The maximum absolute atomic E-state index is 12.7. The second kappa shape index (κ2) is 5.86. The van der Waals surface area contributed by atoms with Gasteiger partial charge in [0.05, 0.1) is 6.04 Å². The smallest absolute Gasteiger partial charge is 0.247 e. The molecule has 1 aliphatic rings. The Kier molecular flexibility index (Phi) is 3.91. The molecule has 0 aromatic carbocycles. The fourth-order valence-electron chi connectivity index (χ4n) is 2.69. The first kappa shape index (κ1) is 14.7. The molecule has 1 fully saturated rings. The van der Waals surface area contributed by atoms with Crippen LogP contribution in [0.15, 0.2) is 17.2 Å². The lowest BCUT2D eigenvalue weighted by Crippen LogP contribution is -2.36. The average Bonchev–Trinajstić information content (AvgIpc) is 3.24. The minimum absolute atomic E-state index is 0.00361. The molecule has 0 unspecified atom stereocenters. The van der Waals surface area contributed by atoms with Crippen molar-refractivity contribution in [1.82, 2.24) is 29.8 Å². The highest BCUT2D eigenvalue weighted by Crippen LogP contribution is 2.32. The summed E-state index contributed by atoms with van der Waals surface area (Å²) in [7, 11) is 0. The zero-order chi connectivity index (χ0) is 15.7. The van der Waals surface area contributed by atoms with Gasteiger partial charge >= 0.3 is 0 Å². The molecule has 22 heavy (non-hydrogen) atoms. The molecule has 1 aliphatic heterocycles. The van der Waals surface area contributed by atoms with Gasteiger partial charge in [-0.1, -0.05) is 19.0 Å². The zero-order valence-corrected chi connectivity index (χ0v) is 13.0. The summed E-state index contributed by atoms with van der Waals surface area (Å²) in [5, 5.41) is 8.10. The molecular weight excluding hydrogens is 284 g/mol. The van der Waals surface area contributed by atoms with E-state index in [1.54, 1.807) is 11.0 Å². The van der Waals surface area contributed by atoms with E-state index >= 15 is 0 Å². The average molecular weight is 304 g/mol. The third-order valence-corrected chi connectivity index (χ3v) is 3.98. The van der Waals surface area contributed by atoms with Crippen LogP contribution in [0.3, 0.4) is 0 Å². The van der Waals surface area contributed by atoms with E-state index in [2.05, 4.69) is 20.2 Å². The predicted octanol–water partition coefficient (Wildman–Crippen LogP) is 1.71. The molecule has 1 amide bonds. The van der Waals surface area contributed by atoms with Gasteiger partial charge in [0.15, 0.2) is 5.82 Å². The Morgan fingerprint density at radius 2 is 2.23 bits per heavy atom. The van der Waals surface area contributed by atoms with Crippen molar-refractivity contribution in [1.29, 1.82) is 0 Å². The highest BCUT2D eigenvalue weighted by Gasteiger charge is 2.36. The fourth-order valence-corrected chi connectivity index (χ4v) is 2.69. The van der Waals surface area contributed by atoms with Crippen molar-refractivity contribution < 1.29 is 9.32 Å². The molecule has 2 atom stereocenters. The predicted molar refractivity (Wildman–Crippen MR) is 76.8 cm³/mol. The van der Waals surface area contributed by atoms with Crippen LogP contribution in [0, 0.1) is 0 Å². The third kappa shape index (κ3) is 2.60. The molecule has 1 saturated heterocycles. The molecule has 3 rings (SSSR count). The lowest BCUT2D eigenvalue weighted by molar-refractivity contribution is -0.135. The van der Waals surface area contributed by atoms with E-state index in [9.17, 15) is 4.79 Å². The molecule has 0 saturated carbocycles. The first-order valence-electron chi connectivity index (χ1n) is 7.56. The van der Waals surface area contributed by atoms with E-state index < -0.39 is 0 Å². The number of aromatic nitrogens is 5. The SMILES string of the molecule is CC(C)c1nc([C@H]2CCCN2C(=O)[C@@H](C)n2cncn2)no1. The van der Waals surface area contributed by atoms with Gasteiger partial charge in [-0.15, -0.1) is 0 Å². The van der Waals surface area contributed by atoms with Crippen molar-refractivity contribution in [3.05, 3.63) is 24.4 Å². The largest absolute Gasteiger partial charge is 0.339 e. The second-order valence-electron chi connectivity index (χ2n) is 5.89.